The summed E-state index contributed by atoms with van der Waals surface area (Å²) in [4.78, 5) is 2.64. The molecule has 0 saturated carbocycles. The molecule has 2 atom stereocenters. The molecule has 0 radical (unpaired) electrons. The second-order valence-electron chi connectivity index (χ2n) is 7.01. The van der Waals surface area contributed by atoms with Crippen molar-refractivity contribution in [2.45, 2.75) is 103 Å². The van der Waals surface area contributed by atoms with Crippen LogP contribution in [0.15, 0.2) is 0 Å². The second kappa shape index (κ2) is 12.5. The molecule has 0 bridgehead atoms. The molecular weight excluding hydrogens is 258 g/mol. The molecule has 0 aromatic carbocycles. The first-order chi connectivity index (χ1) is 10.3. The van der Waals surface area contributed by atoms with E-state index in [0.717, 1.165) is 13.2 Å². The third-order valence-electron chi connectivity index (χ3n) is 4.87. The van der Waals surface area contributed by atoms with Gasteiger partial charge in [0.1, 0.15) is 0 Å². The fourth-order valence-corrected chi connectivity index (χ4v) is 3.43. The van der Waals surface area contributed by atoms with Crippen LogP contribution in [0.5, 0.6) is 0 Å². The lowest BCUT2D eigenvalue weighted by Gasteiger charge is -2.38. The number of hydrogen-bond donors (Lipinski definition) is 0. The van der Waals surface area contributed by atoms with Gasteiger partial charge in [-0.15, -0.1) is 0 Å². The Kier molecular flexibility index (Phi) is 11.3. The lowest BCUT2D eigenvalue weighted by atomic mass is 10.1. The first-order valence-electron chi connectivity index (χ1n) is 9.59. The summed E-state index contributed by atoms with van der Waals surface area (Å²) in [6.07, 6.45) is 15.7. The van der Waals surface area contributed by atoms with Gasteiger partial charge in [0.05, 0.1) is 13.2 Å². The van der Waals surface area contributed by atoms with Crippen molar-refractivity contribution in [3.8, 4) is 0 Å². The third-order valence-corrected chi connectivity index (χ3v) is 4.87. The zero-order chi connectivity index (χ0) is 15.3. The Labute approximate surface area is 133 Å². The van der Waals surface area contributed by atoms with Crippen molar-refractivity contribution >= 4 is 0 Å². The highest BCUT2D eigenvalue weighted by atomic mass is 16.5. The Morgan fingerprint density at radius 3 is 1.62 bits per heavy atom. The average molecular weight is 298 g/mol. The molecule has 1 rings (SSSR count). The van der Waals surface area contributed by atoms with Crippen LogP contribution in [0.2, 0.25) is 0 Å². The fourth-order valence-electron chi connectivity index (χ4n) is 3.43. The average Bonchev–Trinajstić information content (AvgIpc) is 2.47. The van der Waals surface area contributed by atoms with Crippen molar-refractivity contribution in [3.05, 3.63) is 0 Å². The molecule has 0 aliphatic carbocycles. The number of unbranched alkanes of at least 4 members (excludes halogenated alkanes) is 10. The zero-order valence-corrected chi connectivity index (χ0v) is 14.9. The number of rotatable bonds is 12. The van der Waals surface area contributed by atoms with Crippen LogP contribution in [-0.2, 0) is 4.74 Å². The summed E-state index contributed by atoms with van der Waals surface area (Å²) in [5, 5.41) is 0. The van der Waals surface area contributed by atoms with Gasteiger partial charge in [-0.1, -0.05) is 71.1 Å². The smallest absolute Gasteiger partial charge is 0.0620 e. The minimum Gasteiger partial charge on any atom is -0.378 e. The molecule has 21 heavy (non-hydrogen) atoms. The van der Waals surface area contributed by atoms with Crippen molar-refractivity contribution in [2.24, 2.45) is 0 Å². The van der Waals surface area contributed by atoms with Crippen LogP contribution in [0.1, 0.15) is 91.4 Å². The molecule has 0 N–H and O–H groups in total. The lowest BCUT2D eigenvalue weighted by Crippen LogP contribution is -2.49. The largest absolute Gasteiger partial charge is 0.378 e. The maximum atomic E-state index is 5.59. The molecule has 126 valence electrons. The number of ether oxygens (including phenoxy) is 1. The molecule has 0 amide bonds. The van der Waals surface area contributed by atoms with Crippen molar-refractivity contribution in [1.82, 2.24) is 4.90 Å². The summed E-state index contributed by atoms with van der Waals surface area (Å²) >= 11 is 0. The van der Waals surface area contributed by atoms with E-state index >= 15 is 0 Å². The summed E-state index contributed by atoms with van der Waals surface area (Å²) in [6.45, 7) is 9.99. The van der Waals surface area contributed by atoms with E-state index in [-0.39, 0.29) is 0 Å². The van der Waals surface area contributed by atoms with Gasteiger partial charge in [0.15, 0.2) is 0 Å². The van der Waals surface area contributed by atoms with Crippen LogP contribution in [0, 0.1) is 0 Å². The normalized spacial score (nSPS) is 23.6. The Hall–Kier alpha value is -0.0800. The molecule has 1 fully saturated rings. The van der Waals surface area contributed by atoms with E-state index in [4.69, 9.17) is 4.74 Å². The standard InChI is InChI=1S/C19H39NO/c1-4-5-6-7-8-9-10-11-12-13-14-15-20-18(2)16-21-17-19(20)3/h18-19H,4-17H2,1-3H3. The van der Waals surface area contributed by atoms with Crippen molar-refractivity contribution in [1.29, 1.82) is 0 Å². The van der Waals surface area contributed by atoms with Gasteiger partial charge < -0.3 is 4.74 Å². The molecular formula is C19H39NO. The van der Waals surface area contributed by atoms with Crippen LogP contribution in [0.25, 0.3) is 0 Å². The quantitative estimate of drug-likeness (QED) is 0.447. The predicted octanol–water partition coefficient (Wildman–Crippen LogP) is 5.41. The first-order valence-corrected chi connectivity index (χ1v) is 9.59. The number of morpholine rings is 1. The number of nitrogens with zero attached hydrogens (tertiary/aromatic N) is 1. The molecule has 1 aliphatic heterocycles. The Bertz CT molecular complexity index is 222. The Morgan fingerprint density at radius 1 is 0.714 bits per heavy atom. The minimum absolute atomic E-state index is 0.608. The first kappa shape index (κ1) is 19.0. The molecule has 1 aliphatic rings. The summed E-state index contributed by atoms with van der Waals surface area (Å²) in [5.74, 6) is 0. The van der Waals surface area contributed by atoms with Crippen LogP contribution < -0.4 is 0 Å². The van der Waals surface area contributed by atoms with E-state index in [2.05, 4.69) is 25.7 Å². The molecule has 0 aromatic heterocycles. The molecule has 2 heteroatoms. The van der Waals surface area contributed by atoms with E-state index in [1.807, 2.05) is 0 Å². The topological polar surface area (TPSA) is 12.5 Å². The summed E-state index contributed by atoms with van der Waals surface area (Å²) in [6, 6.07) is 1.22. The van der Waals surface area contributed by atoms with Crippen molar-refractivity contribution in [2.75, 3.05) is 19.8 Å². The monoisotopic (exact) mass is 297 g/mol. The van der Waals surface area contributed by atoms with Gasteiger partial charge in [-0.25, -0.2) is 0 Å². The summed E-state index contributed by atoms with van der Waals surface area (Å²) in [5.41, 5.74) is 0. The highest BCUT2D eigenvalue weighted by Gasteiger charge is 2.24. The van der Waals surface area contributed by atoms with Gasteiger partial charge in [-0.05, 0) is 26.8 Å². The second-order valence-corrected chi connectivity index (χ2v) is 7.01. The molecule has 2 unspecified atom stereocenters. The van der Waals surface area contributed by atoms with Gasteiger partial charge in [0, 0.05) is 12.1 Å². The summed E-state index contributed by atoms with van der Waals surface area (Å²) < 4.78 is 5.59. The van der Waals surface area contributed by atoms with E-state index < -0.39 is 0 Å². The highest BCUT2D eigenvalue weighted by Crippen LogP contribution is 2.15. The van der Waals surface area contributed by atoms with Gasteiger partial charge in [0.25, 0.3) is 0 Å². The number of hydrogen-bond acceptors (Lipinski definition) is 2. The fraction of sp³-hybridized carbons (Fsp3) is 1.00. The SMILES string of the molecule is CCCCCCCCCCCCCN1C(C)COCC1C. The third kappa shape index (κ3) is 8.83. The molecule has 0 aromatic rings. The molecule has 0 spiro atoms. The maximum Gasteiger partial charge on any atom is 0.0620 e. The van der Waals surface area contributed by atoms with Crippen LogP contribution in [-0.4, -0.2) is 36.7 Å². The van der Waals surface area contributed by atoms with Crippen LogP contribution in [0.3, 0.4) is 0 Å². The van der Waals surface area contributed by atoms with E-state index in [1.165, 1.54) is 77.2 Å². The van der Waals surface area contributed by atoms with E-state index in [1.54, 1.807) is 0 Å². The van der Waals surface area contributed by atoms with Gasteiger partial charge in [-0.2, -0.15) is 0 Å². The van der Waals surface area contributed by atoms with E-state index in [0.29, 0.717) is 12.1 Å². The Balaban J connectivity index is 1.86. The Morgan fingerprint density at radius 2 is 1.14 bits per heavy atom. The van der Waals surface area contributed by atoms with E-state index in [9.17, 15) is 0 Å². The highest BCUT2D eigenvalue weighted by molar-refractivity contribution is 4.77. The zero-order valence-electron chi connectivity index (χ0n) is 14.9. The summed E-state index contributed by atoms with van der Waals surface area (Å²) in [7, 11) is 0. The van der Waals surface area contributed by atoms with Crippen LogP contribution in [0.4, 0.5) is 0 Å². The molecule has 1 saturated heterocycles. The van der Waals surface area contributed by atoms with Crippen molar-refractivity contribution < 1.29 is 4.74 Å². The predicted molar refractivity (Wildman–Crippen MR) is 92.9 cm³/mol. The van der Waals surface area contributed by atoms with Gasteiger partial charge in [-0.3, -0.25) is 4.90 Å². The van der Waals surface area contributed by atoms with Gasteiger partial charge >= 0.3 is 0 Å². The maximum absolute atomic E-state index is 5.59. The molecule has 1 heterocycles. The van der Waals surface area contributed by atoms with Crippen LogP contribution >= 0.6 is 0 Å². The van der Waals surface area contributed by atoms with Gasteiger partial charge in [0.2, 0.25) is 0 Å². The van der Waals surface area contributed by atoms with Crippen molar-refractivity contribution in [3.63, 3.8) is 0 Å². The lowest BCUT2D eigenvalue weighted by molar-refractivity contribution is -0.0371. The minimum atomic E-state index is 0.608. The molecule has 2 nitrogen and oxygen atoms in total.